The number of nitrogens with one attached hydrogen (secondary N) is 1. The molecular weight excluding hydrogens is 351 g/mol. The Morgan fingerprint density at radius 2 is 2.04 bits per heavy atom. The third kappa shape index (κ3) is 4.90. The van der Waals surface area contributed by atoms with Crippen molar-refractivity contribution in [2.45, 2.75) is 6.18 Å². The van der Waals surface area contributed by atoms with E-state index >= 15 is 0 Å². The Labute approximate surface area is 148 Å². The first-order chi connectivity index (χ1) is 11.7. The molecule has 0 amide bonds. The molecule has 0 spiro atoms. The van der Waals surface area contributed by atoms with E-state index in [9.17, 15) is 13.2 Å². The molecule has 2 rings (SSSR count). The summed E-state index contributed by atoms with van der Waals surface area (Å²) in [4.78, 5) is 5.62. The maximum atomic E-state index is 13.0. The number of nitrogens with zero attached hydrogens (tertiary/aromatic N) is 3. The second kappa shape index (κ2) is 7.47. The van der Waals surface area contributed by atoms with Gasteiger partial charge in [-0.2, -0.15) is 18.3 Å². The maximum Gasteiger partial charge on any atom is 0.417 e. The maximum absolute atomic E-state index is 13.0. The highest BCUT2D eigenvalue weighted by Gasteiger charge is 2.32. The van der Waals surface area contributed by atoms with Gasteiger partial charge in [-0.15, -0.1) is 0 Å². The van der Waals surface area contributed by atoms with Gasteiger partial charge in [0.2, 0.25) is 0 Å². The SMILES string of the molecule is CN(C)c1ncc(C(F)(F)F)cc1-c1cccc(C=NNC(N)=S)c1. The first-order valence-corrected chi connectivity index (χ1v) is 7.53. The Bertz CT molecular complexity index is 803. The fraction of sp³-hybridized carbons (Fsp3) is 0.188. The van der Waals surface area contributed by atoms with E-state index in [2.05, 4.69) is 27.7 Å². The summed E-state index contributed by atoms with van der Waals surface area (Å²) in [5.74, 6) is 0.434. The number of pyridine rings is 1. The molecule has 0 aliphatic rings. The zero-order valence-corrected chi connectivity index (χ0v) is 14.3. The van der Waals surface area contributed by atoms with Crippen LogP contribution >= 0.6 is 12.2 Å². The van der Waals surface area contributed by atoms with Crippen molar-refractivity contribution in [3.8, 4) is 11.1 Å². The van der Waals surface area contributed by atoms with Crippen LogP contribution in [0.2, 0.25) is 0 Å². The van der Waals surface area contributed by atoms with Crippen molar-refractivity contribution in [2.75, 3.05) is 19.0 Å². The van der Waals surface area contributed by atoms with Gasteiger partial charge in [0.1, 0.15) is 5.82 Å². The fourth-order valence-corrected chi connectivity index (χ4v) is 2.19. The number of halogens is 3. The minimum atomic E-state index is -4.47. The predicted molar refractivity (Wildman–Crippen MR) is 96.5 cm³/mol. The number of hydrogen-bond donors (Lipinski definition) is 2. The lowest BCUT2D eigenvalue weighted by Crippen LogP contribution is -2.23. The molecule has 132 valence electrons. The molecular formula is C16H16F3N5S. The molecule has 1 heterocycles. The van der Waals surface area contributed by atoms with Crippen molar-refractivity contribution < 1.29 is 13.2 Å². The van der Waals surface area contributed by atoms with Crippen LogP contribution in [-0.4, -0.2) is 30.4 Å². The van der Waals surface area contributed by atoms with Crippen LogP contribution in [0.25, 0.3) is 11.1 Å². The molecule has 1 aromatic carbocycles. The molecule has 0 saturated carbocycles. The van der Waals surface area contributed by atoms with Crippen molar-refractivity contribution in [2.24, 2.45) is 10.8 Å². The van der Waals surface area contributed by atoms with Crippen LogP contribution in [0.15, 0.2) is 41.6 Å². The Balaban J connectivity index is 2.49. The number of rotatable bonds is 4. The third-order valence-corrected chi connectivity index (χ3v) is 3.29. The minimum Gasteiger partial charge on any atom is -0.375 e. The summed E-state index contributed by atoms with van der Waals surface area (Å²) >= 11 is 4.64. The van der Waals surface area contributed by atoms with E-state index in [0.29, 0.717) is 22.5 Å². The molecule has 9 heteroatoms. The highest BCUT2D eigenvalue weighted by atomic mass is 32.1. The van der Waals surface area contributed by atoms with Gasteiger partial charge >= 0.3 is 6.18 Å². The lowest BCUT2D eigenvalue weighted by atomic mass is 10.0. The first kappa shape index (κ1) is 18.7. The number of benzene rings is 1. The molecule has 0 aliphatic heterocycles. The second-order valence-corrected chi connectivity index (χ2v) is 5.79. The van der Waals surface area contributed by atoms with Crippen molar-refractivity contribution in [1.29, 1.82) is 0 Å². The largest absolute Gasteiger partial charge is 0.417 e. The third-order valence-electron chi connectivity index (χ3n) is 3.20. The quantitative estimate of drug-likeness (QED) is 0.494. The summed E-state index contributed by atoms with van der Waals surface area (Å²) < 4.78 is 39.1. The fourth-order valence-electron chi connectivity index (χ4n) is 2.14. The molecule has 0 radical (unpaired) electrons. The number of alkyl halides is 3. The van der Waals surface area contributed by atoms with Crippen LogP contribution in [0, 0.1) is 0 Å². The number of hydrogen-bond acceptors (Lipinski definition) is 4. The summed E-state index contributed by atoms with van der Waals surface area (Å²) in [5, 5.41) is 3.86. The van der Waals surface area contributed by atoms with Gasteiger partial charge in [0.25, 0.3) is 0 Å². The van der Waals surface area contributed by atoms with E-state index in [-0.39, 0.29) is 5.11 Å². The zero-order valence-electron chi connectivity index (χ0n) is 13.5. The van der Waals surface area contributed by atoms with E-state index in [4.69, 9.17) is 5.73 Å². The molecule has 25 heavy (non-hydrogen) atoms. The Morgan fingerprint density at radius 3 is 2.64 bits per heavy atom. The van der Waals surface area contributed by atoms with E-state index in [1.807, 2.05) is 0 Å². The molecule has 0 atom stereocenters. The van der Waals surface area contributed by atoms with Gasteiger partial charge in [-0.05, 0) is 35.5 Å². The molecule has 3 N–H and O–H groups in total. The van der Waals surface area contributed by atoms with Crippen LogP contribution in [0.3, 0.4) is 0 Å². The van der Waals surface area contributed by atoms with Crippen molar-refractivity contribution in [3.05, 3.63) is 47.7 Å². The summed E-state index contributed by atoms with van der Waals surface area (Å²) in [6, 6.07) is 7.98. The normalized spacial score (nSPS) is 11.6. The van der Waals surface area contributed by atoms with Gasteiger partial charge < -0.3 is 10.6 Å². The van der Waals surface area contributed by atoms with Gasteiger partial charge in [-0.1, -0.05) is 18.2 Å². The lowest BCUT2D eigenvalue weighted by molar-refractivity contribution is -0.137. The topological polar surface area (TPSA) is 66.5 Å². The average Bonchev–Trinajstić information content (AvgIpc) is 2.53. The van der Waals surface area contributed by atoms with Crippen molar-refractivity contribution in [3.63, 3.8) is 0 Å². The van der Waals surface area contributed by atoms with E-state index in [0.717, 1.165) is 12.3 Å². The molecule has 0 saturated heterocycles. The summed E-state index contributed by atoms with van der Waals surface area (Å²) in [6.45, 7) is 0. The van der Waals surface area contributed by atoms with Crippen LogP contribution in [0.4, 0.5) is 19.0 Å². The predicted octanol–water partition coefficient (Wildman–Crippen LogP) is 3.00. The van der Waals surface area contributed by atoms with Crippen LogP contribution in [0.5, 0.6) is 0 Å². The Kier molecular flexibility index (Phi) is 5.58. The number of thiocarbonyl (C=S) groups is 1. The van der Waals surface area contributed by atoms with Gasteiger partial charge in [0.05, 0.1) is 11.8 Å². The van der Waals surface area contributed by atoms with Crippen LogP contribution < -0.4 is 16.1 Å². The highest BCUT2D eigenvalue weighted by molar-refractivity contribution is 7.80. The van der Waals surface area contributed by atoms with Crippen LogP contribution in [-0.2, 0) is 6.18 Å². The van der Waals surface area contributed by atoms with Gasteiger partial charge in [0, 0.05) is 25.9 Å². The number of nitrogens with two attached hydrogens (primary N) is 1. The molecule has 1 aromatic heterocycles. The standard InChI is InChI=1S/C16H16F3N5S/c1-24(2)14-13(7-12(9-21-14)16(17,18)19)11-5-3-4-10(6-11)8-22-23-15(20)25/h3-9H,1-2H3,(H3,20,23,25). The number of anilines is 1. The number of aromatic nitrogens is 1. The molecule has 0 unspecified atom stereocenters. The minimum absolute atomic E-state index is 0.0179. The Morgan fingerprint density at radius 1 is 1.32 bits per heavy atom. The van der Waals surface area contributed by atoms with Crippen LogP contribution in [0.1, 0.15) is 11.1 Å². The van der Waals surface area contributed by atoms with Gasteiger partial charge in [-0.3, -0.25) is 5.43 Å². The summed E-state index contributed by atoms with van der Waals surface area (Å²) in [5.41, 5.74) is 8.52. The lowest BCUT2D eigenvalue weighted by Gasteiger charge is -2.18. The molecule has 2 aromatic rings. The molecule has 0 aliphatic carbocycles. The molecule has 5 nitrogen and oxygen atoms in total. The average molecular weight is 367 g/mol. The van der Waals surface area contributed by atoms with E-state index in [1.54, 1.807) is 43.3 Å². The summed E-state index contributed by atoms with van der Waals surface area (Å²) in [7, 11) is 3.44. The van der Waals surface area contributed by atoms with Gasteiger partial charge in [0.15, 0.2) is 5.11 Å². The number of hydrazone groups is 1. The van der Waals surface area contributed by atoms with Crippen molar-refractivity contribution >= 4 is 29.4 Å². The second-order valence-electron chi connectivity index (χ2n) is 5.35. The Hall–Kier alpha value is -2.68. The summed E-state index contributed by atoms with van der Waals surface area (Å²) in [6.07, 6.45) is -2.16. The smallest absolute Gasteiger partial charge is 0.375 e. The first-order valence-electron chi connectivity index (χ1n) is 7.12. The van der Waals surface area contributed by atoms with E-state index in [1.165, 1.54) is 6.21 Å². The molecule has 0 bridgehead atoms. The van der Waals surface area contributed by atoms with E-state index < -0.39 is 11.7 Å². The highest BCUT2D eigenvalue weighted by Crippen LogP contribution is 2.35. The van der Waals surface area contributed by atoms with Gasteiger partial charge in [-0.25, -0.2) is 4.98 Å². The monoisotopic (exact) mass is 367 g/mol. The molecule has 0 fully saturated rings. The zero-order chi connectivity index (χ0) is 18.6. The van der Waals surface area contributed by atoms with Crippen molar-refractivity contribution in [1.82, 2.24) is 10.4 Å².